The number of carbonyl (C=O) groups is 1. The summed E-state index contributed by atoms with van der Waals surface area (Å²) in [6.45, 7) is -0.0281. The van der Waals surface area contributed by atoms with E-state index >= 15 is 0 Å². The van der Waals surface area contributed by atoms with Crippen molar-refractivity contribution in [1.82, 2.24) is 10.2 Å². The Balaban J connectivity index is 1.43. The van der Waals surface area contributed by atoms with Crippen molar-refractivity contribution in [3.05, 3.63) is 59.2 Å². The molecule has 1 aromatic heterocycles. The van der Waals surface area contributed by atoms with Crippen LogP contribution in [0, 0.1) is 11.6 Å². The number of benzene rings is 1. The molecule has 0 radical (unpaired) electrons. The van der Waals surface area contributed by atoms with Crippen molar-refractivity contribution in [1.29, 1.82) is 0 Å². The molecule has 5 nitrogen and oxygen atoms in total. The largest absolute Gasteiger partial charge is 0.483 e. The van der Waals surface area contributed by atoms with E-state index in [0.717, 1.165) is 25.0 Å². The van der Waals surface area contributed by atoms with E-state index < -0.39 is 11.6 Å². The molecule has 4 rings (SSSR count). The van der Waals surface area contributed by atoms with Gasteiger partial charge in [-0.1, -0.05) is 0 Å². The summed E-state index contributed by atoms with van der Waals surface area (Å²) in [7, 11) is 0. The lowest BCUT2D eigenvalue weighted by Crippen LogP contribution is -2.32. The molecule has 2 aliphatic rings. The van der Waals surface area contributed by atoms with Gasteiger partial charge in [-0.15, -0.1) is 0 Å². The van der Waals surface area contributed by atoms with Crippen LogP contribution in [0.1, 0.15) is 24.4 Å². The highest BCUT2D eigenvalue weighted by Crippen LogP contribution is 2.31. The van der Waals surface area contributed by atoms with E-state index in [1.165, 1.54) is 6.07 Å². The molecule has 0 atom stereocenters. The number of ether oxygens (including phenoxy) is 1. The average Bonchev–Trinajstić information content (AvgIpc) is 3.25. The van der Waals surface area contributed by atoms with Crippen molar-refractivity contribution in [3.63, 3.8) is 0 Å². The lowest BCUT2D eigenvalue weighted by molar-refractivity contribution is -0.122. The normalized spacial score (nSPS) is 18.5. The Morgan fingerprint density at radius 3 is 2.85 bits per heavy atom. The van der Waals surface area contributed by atoms with Crippen molar-refractivity contribution >= 4 is 29.3 Å². The van der Waals surface area contributed by atoms with E-state index in [4.69, 9.17) is 21.4 Å². The van der Waals surface area contributed by atoms with E-state index in [1.807, 2.05) is 0 Å². The fourth-order valence-corrected chi connectivity index (χ4v) is 2.99. The van der Waals surface area contributed by atoms with Gasteiger partial charge in [-0.05, 0) is 49.3 Å². The molecule has 0 bridgehead atoms. The quantitative estimate of drug-likeness (QED) is 0.641. The molecule has 134 valence electrons. The zero-order valence-corrected chi connectivity index (χ0v) is 14.3. The van der Waals surface area contributed by atoms with Crippen molar-refractivity contribution in [3.8, 4) is 5.75 Å². The molecular weight excluding hydrogens is 362 g/mol. The van der Waals surface area contributed by atoms with Crippen LogP contribution in [0.25, 0.3) is 6.08 Å². The van der Waals surface area contributed by atoms with Gasteiger partial charge in [-0.25, -0.2) is 8.78 Å². The fraction of sp³-hybridized carbons (Fsp3) is 0.222. The predicted octanol–water partition coefficient (Wildman–Crippen LogP) is 3.36. The third-order valence-electron chi connectivity index (χ3n) is 4.05. The summed E-state index contributed by atoms with van der Waals surface area (Å²) in [6, 6.07) is 6.60. The molecule has 1 saturated heterocycles. The lowest BCUT2D eigenvalue weighted by atomic mass is 10.3. The molecular formula is C18H14F2N2O3S. The number of nitrogens with one attached hydrogen (secondary N) is 1. The van der Waals surface area contributed by atoms with E-state index in [0.29, 0.717) is 22.3 Å². The Morgan fingerprint density at radius 1 is 1.31 bits per heavy atom. The van der Waals surface area contributed by atoms with Crippen LogP contribution in [0.3, 0.4) is 0 Å². The Labute approximate surface area is 153 Å². The van der Waals surface area contributed by atoms with Gasteiger partial charge in [0.1, 0.15) is 29.6 Å². The summed E-state index contributed by atoms with van der Waals surface area (Å²) >= 11 is 5.19. The van der Waals surface area contributed by atoms with Crippen molar-refractivity contribution in [2.24, 2.45) is 0 Å². The van der Waals surface area contributed by atoms with Crippen LogP contribution in [0.5, 0.6) is 5.75 Å². The standard InChI is InChI=1S/C18H14F2N2O3S/c19-10-1-6-16(14(20)7-10)24-9-13-5-4-12(25-13)8-15-17(23)22(11-2-3-11)18(26)21-15/h1,4-8,11H,2-3,9H2,(H,21,26)/b15-8+. The van der Waals surface area contributed by atoms with Crippen LogP contribution in [0.4, 0.5) is 8.78 Å². The molecule has 26 heavy (non-hydrogen) atoms. The summed E-state index contributed by atoms with van der Waals surface area (Å²) in [4.78, 5) is 13.9. The summed E-state index contributed by atoms with van der Waals surface area (Å²) in [5, 5.41) is 3.30. The molecule has 1 saturated carbocycles. The van der Waals surface area contributed by atoms with Gasteiger partial charge in [0.15, 0.2) is 16.7 Å². The van der Waals surface area contributed by atoms with Crippen molar-refractivity contribution < 1.29 is 22.7 Å². The number of halogens is 2. The van der Waals surface area contributed by atoms with Gasteiger partial charge >= 0.3 is 0 Å². The maximum absolute atomic E-state index is 13.5. The lowest BCUT2D eigenvalue weighted by Gasteiger charge is -2.11. The zero-order chi connectivity index (χ0) is 18.3. The third kappa shape index (κ3) is 3.32. The first-order valence-electron chi connectivity index (χ1n) is 8.04. The van der Waals surface area contributed by atoms with E-state index in [1.54, 1.807) is 23.1 Å². The van der Waals surface area contributed by atoms with E-state index in [9.17, 15) is 13.6 Å². The Bertz CT molecular complexity index is 921. The first-order valence-corrected chi connectivity index (χ1v) is 8.45. The second-order valence-corrected chi connectivity index (χ2v) is 6.45. The second kappa shape index (κ2) is 6.53. The Hall–Kier alpha value is -2.74. The van der Waals surface area contributed by atoms with Crippen LogP contribution in [0.2, 0.25) is 0 Å². The second-order valence-electron chi connectivity index (χ2n) is 6.06. The van der Waals surface area contributed by atoms with Gasteiger partial charge in [0.05, 0.1) is 0 Å². The average molecular weight is 376 g/mol. The maximum atomic E-state index is 13.5. The molecule has 8 heteroatoms. The molecule has 0 unspecified atom stereocenters. The number of rotatable bonds is 5. The Kier molecular flexibility index (Phi) is 4.20. The van der Waals surface area contributed by atoms with Crippen LogP contribution in [-0.2, 0) is 11.4 Å². The molecule has 1 aliphatic carbocycles. The minimum absolute atomic E-state index is 0.0281. The number of amides is 1. The van der Waals surface area contributed by atoms with Crippen LogP contribution < -0.4 is 10.1 Å². The SMILES string of the molecule is O=C1/C(=C\c2ccc(COc3ccc(F)cc3F)o2)NC(=S)N1C1CC1. The van der Waals surface area contributed by atoms with Gasteiger partial charge in [0.25, 0.3) is 5.91 Å². The summed E-state index contributed by atoms with van der Waals surface area (Å²) in [6.07, 6.45) is 3.49. The van der Waals surface area contributed by atoms with E-state index in [-0.39, 0.29) is 24.3 Å². The topological polar surface area (TPSA) is 54.7 Å². The van der Waals surface area contributed by atoms with Crippen molar-refractivity contribution in [2.45, 2.75) is 25.5 Å². The highest BCUT2D eigenvalue weighted by Gasteiger charge is 2.41. The molecule has 0 spiro atoms. The fourth-order valence-electron chi connectivity index (χ4n) is 2.65. The van der Waals surface area contributed by atoms with Crippen LogP contribution >= 0.6 is 12.2 Å². The number of hydrogen-bond acceptors (Lipinski definition) is 4. The first kappa shape index (κ1) is 16.7. The predicted molar refractivity (Wildman–Crippen MR) is 93.0 cm³/mol. The molecule has 2 aromatic rings. The molecule has 1 aliphatic heterocycles. The molecule has 1 N–H and O–H groups in total. The van der Waals surface area contributed by atoms with Crippen LogP contribution in [-0.4, -0.2) is 22.0 Å². The number of nitrogens with zero attached hydrogens (tertiary/aromatic N) is 1. The summed E-state index contributed by atoms with van der Waals surface area (Å²) in [5.41, 5.74) is 0.355. The summed E-state index contributed by atoms with van der Waals surface area (Å²) < 4.78 is 37.3. The van der Waals surface area contributed by atoms with Gasteiger partial charge in [0.2, 0.25) is 0 Å². The third-order valence-corrected chi connectivity index (χ3v) is 4.35. The van der Waals surface area contributed by atoms with Gasteiger partial charge in [-0.3, -0.25) is 9.69 Å². The zero-order valence-electron chi connectivity index (χ0n) is 13.5. The maximum Gasteiger partial charge on any atom is 0.276 e. The highest BCUT2D eigenvalue weighted by atomic mass is 32.1. The van der Waals surface area contributed by atoms with Gasteiger partial charge in [-0.2, -0.15) is 0 Å². The monoisotopic (exact) mass is 376 g/mol. The molecule has 1 aromatic carbocycles. The van der Waals surface area contributed by atoms with Crippen molar-refractivity contribution in [2.75, 3.05) is 0 Å². The number of hydrogen-bond donors (Lipinski definition) is 1. The number of furan rings is 1. The Morgan fingerprint density at radius 2 is 2.12 bits per heavy atom. The van der Waals surface area contributed by atoms with Crippen LogP contribution in [0.15, 0.2) is 40.4 Å². The van der Waals surface area contributed by atoms with Gasteiger partial charge < -0.3 is 14.5 Å². The molecule has 1 amide bonds. The molecule has 2 heterocycles. The minimum Gasteiger partial charge on any atom is -0.483 e. The highest BCUT2D eigenvalue weighted by molar-refractivity contribution is 7.80. The molecule has 2 fully saturated rings. The first-order chi connectivity index (χ1) is 12.5. The minimum atomic E-state index is -0.784. The summed E-state index contributed by atoms with van der Waals surface area (Å²) in [5.74, 6) is -0.810. The van der Waals surface area contributed by atoms with Gasteiger partial charge in [0, 0.05) is 18.2 Å². The number of carbonyl (C=O) groups excluding carboxylic acids is 1. The smallest absolute Gasteiger partial charge is 0.276 e. The van der Waals surface area contributed by atoms with E-state index in [2.05, 4.69) is 5.32 Å². The number of thiocarbonyl (C=S) groups is 1.